The van der Waals surface area contributed by atoms with E-state index in [9.17, 15) is 13.2 Å². The Hall–Kier alpha value is -1.84. The van der Waals surface area contributed by atoms with E-state index in [4.69, 9.17) is 9.47 Å². The Morgan fingerprint density at radius 2 is 1.89 bits per heavy atom. The maximum atomic E-state index is 13.1. The summed E-state index contributed by atoms with van der Waals surface area (Å²) in [6.07, 6.45) is 0.948. The Morgan fingerprint density at radius 1 is 1.21 bits per heavy atom. The summed E-state index contributed by atoms with van der Waals surface area (Å²) in [6.45, 7) is 5.80. The molecule has 1 heterocycles. The van der Waals surface area contributed by atoms with E-state index in [0.29, 0.717) is 30.2 Å². The first kappa shape index (κ1) is 22.4. The predicted octanol–water partition coefficient (Wildman–Crippen LogP) is 1.49. The number of fused-ring (bicyclic) bond motifs is 1. The van der Waals surface area contributed by atoms with Crippen molar-refractivity contribution in [2.24, 2.45) is 5.92 Å². The molecule has 0 aromatic heterocycles. The van der Waals surface area contributed by atoms with Gasteiger partial charge in [-0.15, -0.1) is 0 Å². The molecule has 1 aliphatic rings. The Kier molecular flexibility index (Phi) is 7.30. The predicted molar refractivity (Wildman–Crippen MR) is 109 cm³/mol. The lowest BCUT2D eigenvalue weighted by Crippen LogP contribution is -2.45. The van der Waals surface area contributed by atoms with Gasteiger partial charge in [0.15, 0.2) is 0 Å². The van der Waals surface area contributed by atoms with Crippen molar-refractivity contribution in [1.82, 2.24) is 9.80 Å². The molecular formula is C19H31N3O5S. The van der Waals surface area contributed by atoms with Gasteiger partial charge in [-0.3, -0.25) is 14.4 Å². The minimum absolute atomic E-state index is 0.121. The van der Waals surface area contributed by atoms with Gasteiger partial charge in [-0.25, -0.2) is 8.42 Å². The number of nitrogens with one attached hydrogen (secondary N) is 1. The van der Waals surface area contributed by atoms with E-state index in [-0.39, 0.29) is 24.0 Å². The van der Waals surface area contributed by atoms with Crippen LogP contribution in [-0.4, -0.2) is 83.4 Å². The summed E-state index contributed by atoms with van der Waals surface area (Å²) in [6, 6.07) is 4.87. The summed E-state index contributed by atoms with van der Waals surface area (Å²) in [4.78, 5) is 16.9. The molecular weight excluding hydrogens is 382 g/mol. The summed E-state index contributed by atoms with van der Waals surface area (Å²) < 4.78 is 37.1. The van der Waals surface area contributed by atoms with E-state index < -0.39 is 10.0 Å². The van der Waals surface area contributed by atoms with Crippen LogP contribution in [0.1, 0.15) is 24.2 Å². The number of benzene rings is 1. The van der Waals surface area contributed by atoms with Gasteiger partial charge in [0.2, 0.25) is 10.0 Å². The van der Waals surface area contributed by atoms with Crippen LogP contribution in [0.4, 0.5) is 5.69 Å². The minimum atomic E-state index is -3.45. The molecule has 28 heavy (non-hydrogen) atoms. The van der Waals surface area contributed by atoms with Crippen LogP contribution in [-0.2, 0) is 14.8 Å². The summed E-state index contributed by atoms with van der Waals surface area (Å²) in [5.74, 6) is 0.395. The van der Waals surface area contributed by atoms with Gasteiger partial charge in [-0.2, -0.15) is 0 Å². The monoisotopic (exact) mass is 413 g/mol. The summed E-state index contributed by atoms with van der Waals surface area (Å²) in [5, 5.41) is 0. The standard InChI is InChI=1S/C19H31N3O5S/c1-13-10-21(3)14(2)12-27-17-8-7-15(20-28(6,24)25)9-16(17)19(23)22(4)11-18(13)26-5/h7-9,13-14,18,20H,10-12H2,1-6H3/t13-,14+,18-/m0/s1. The average Bonchev–Trinajstić information content (AvgIpc) is 2.61. The van der Waals surface area contributed by atoms with Crippen molar-refractivity contribution in [3.05, 3.63) is 23.8 Å². The Bertz CT molecular complexity index is 799. The highest BCUT2D eigenvalue weighted by molar-refractivity contribution is 7.92. The number of hydrogen-bond acceptors (Lipinski definition) is 6. The van der Waals surface area contributed by atoms with E-state index >= 15 is 0 Å². The fourth-order valence-corrected chi connectivity index (χ4v) is 3.79. The van der Waals surface area contributed by atoms with Gasteiger partial charge < -0.3 is 14.4 Å². The number of carbonyl (C=O) groups excluding carboxylic acids is 1. The van der Waals surface area contributed by atoms with Gasteiger partial charge in [-0.1, -0.05) is 6.92 Å². The molecule has 1 aliphatic heterocycles. The van der Waals surface area contributed by atoms with Crippen LogP contribution in [0, 0.1) is 5.92 Å². The number of amides is 1. The lowest BCUT2D eigenvalue weighted by atomic mass is 10.0. The third-order valence-electron chi connectivity index (χ3n) is 5.06. The number of hydrogen-bond donors (Lipinski definition) is 1. The highest BCUT2D eigenvalue weighted by Crippen LogP contribution is 2.26. The Labute approximate surface area is 167 Å². The second-order valence-corrected chi connectivity index (χ2v) is 9.37. The molecule has 0 saturated carbocycles. The van der Waals surface area contributed by atoms with Gasteiger partial charge in [0.25, 0.3) is 5.91 Å². The van der Waals surface area contributed by atoms with Crippen LogP contribution in [0.25, 0.3) is 0 Å². The quantitative estimate of drug-likeness (QED) is 0.808. The van der Waals surface area contributed by atoms with Crippen LogP contribution >= 0.6 is 0 Å². The molecule has 0 aliphatic carbocycles. The van der Waals surface area contributed by atoms with Crippen molar-refractivity contribution in [3.8, 4) is 5.75 Å². The van der Waals surface area contributed by atoms with Crippen molar-refractivity contribution in [1.29, 1.82) is 0 Å². The fraction of sp³-hybridized carbons (Fsp3) is 0.632. The van der Waals surface area contributed by atoms with Gasteiger partial charge >= 0.3 is 0 Å². The van der Waals surface area contributed by atoms with E-state index in [2.05, 4.69) is 23.5 Å². The zero-order valence-electron chi connectivity index (χ0n) is 17.4. The van der Waals surface area contributed by atoms with Crippen LogP contribution < -0.4 is 9.46 Å². The Morgan fingerprint density at radius 3 is 2.50 bits per heavy atom. The normalized spacial score (nSPS) is 25.3. The lowest BCUT2D eigenvalue weighted by Gasteiger charge is -2.34. The maximum absolute atomic E-state index is 13.1. The molecule has 1 N–H and O–H groups in total. The first-order valence-electron chi connectivity index (χ1n) is 9.25. The largest absolute Gasteiger partial charge is 0.491 e. The smallest absolute Gasteiger partial charge is 0.257 e. The zero-order valence-corrected chi connectivity index (χ0v) is 18.2. The molecule has 0 radical (unpaired) electrons. The number of ether oxygens (including phenoxy) is 2. The Balaban J connectivity index is 2.43. The number of nitrogens with zero attached hydrogens (tertiary/aromatic N) is 2. The van der Waals surface area contributed by atoms with Gasteiger partial charge in [-0.05, 0) is 38.1 Å². The first-order chi connectivity index (χ1) is 13.0. The molecule has 0 unspecified atom stereocenters. The highest BCUT2D eigenvalue weighted by Gasteiger charge is 2.27. The van der Waals surface area contributed by atoms with Crippen molar-refractivity contribution >= 4 is 21.6 Å². The maximum Gasteiger partial charge on any atom is 0.257 e. The number of rotatable bonds is 3. The van der Waals surface area contributed by atoms with E-state index in [1.165, 1.54) is 6.07 Å². The number of sulfonamides is 1. The minimum Gasteiger partial charge on any atom is -0.491 e. The van der Waals surface area contributed by atoms with Crippen molar-refractivity contribution in [3.63, 3.8) is 0 Å². The molecule has 2 rings (SSSR count). The summed E-state index contributed by atoms with van der Waals surface area (Å²) >= 11 is 0. The summed E-state index contributed by atoms with van der Waals surface area (Å²) in [5.41, 5.74) is 0.634. The van der Waals surface area contributed by atoms with Gasteiger partial charge in [0.1, 0.15) is 12.4 Å². The third kappa shape index (κ3) is 5.83. The molecule has 0 bridgehead atoms. The summed E-state index contributed by atoms with van der Waals surface area (Å²) in [7, 11) is 1.95. The molecule has 1 amide bonds. The molecule has 1 aromatic carbocycles. The van der Waals surface area contributed by atoms with Crippen LogP contribution in [0.15, 0.2) is 18.2 Å². The van der Waals surface area contributed by atoms with Crippen molar-refractivity contribution < 1.29 is 22.7 Å². The van der Waals surface area contributed by atoms with Gasteiger partial charge in [0, 0.05) is 39.0 Å². The first-order valence-corrected chi connectivity index (χ1v) is 11.1. The fourth-order valence-electron chi connectivity index (χ4n) is 3.24. The molecule has 0 spiro atoms. The second kappa shape index (κ2) is 9.11. The van der Waals surface area contributed by atoms with E-state index in [0.717, 1.165) is 12.8 Å². The lowest BCUT2D eigenvalue weighted by molar-refractivity contribution is 0.0150. The topological polar surface area (TPSA) is 88.2 Å². The molecule has 158 valence electrons. The zero-order chi connectivity index (χ0) is 21.1. The van der Waals surface area contributed by atoms with Gasteiger partial charge in [0.05, 0.1) is 17.9 Å². The van der Waals surface area contributed by atoms with E-state index in [1.54, 1.807) is 31.2 Å². The average molecular weight is 414 g/mol. The molecule has 9 heteroatoms. The molecule has 3 atom stereocenters. The molecule has 8 nitrogen and oxygen atoms in total. The van der Waals surface area contributed by atoms with Crippen molar-refractivity contribution in [2.75, 3.05) is 51.9 Å². The number of likely N-dealkylation sites (N-methyl/N-ethyl adjacent to an activating group) is 2. The number of carbonyl (C=O) groups is 1. The number of anilines is 1. The number of methoxy groups -OCH3 is 1. The SMILES string of the molecule is CO[C@H]1CN(C)C(=O)c2cc(NS(C)(=O)=O)ccc2OC[C@@H](C)N(C)C[C@@H]1C. The van der Waals surface area contributed by atoms with Crippen LogP contribution in [0.2, 0.25) is 0 Å². The molecule has 1 aromatic rings. The molecule has 0 fully saturated rings. The highest BCUT2D eigenvalue weighted by atomic mass is 32.2. The third-order valence-corrected chi connectivity index (χ3v) is 5.67. The van der Waals surface area contributed by atoms with Crippen LogP contribution in [0.3, 0.4) is 0 Å². The van der Waals surface area contributed by atoms with Crippen molar-refractivity contribution in [2.45, 2.75) is 26.0 Å². The second-order valence-electron chi connectivity index (χ2n) is 7.62. The van der Waals surface area contributed by atoms with E-state index in [1.807, 2.05) is 7.05 Å². The van der Waals surface area contributed by atoms with Crippen LogP contribution in [0.5, 0.6) is 5.75 Å². The molecule has 0 saturated heterocycles.